The highest BCUT2D eigenvalue weighted by molar-refractivity contribution is 5.94. The number of nitrogens with zero attached hydrogens (tertiary/aromatic N) is 1. The molecule has 23 heavy (non-hydrogen) atoms. The van der Waals surface area contributed by atoms with Crippen LogP contribution in [0.1, 0.15) is 39.7 Å². The van der Waals surface area contributed by atoms with E-state index in [-0.39, 0.29) is 29.1 Å². The monoisotopic (exact) mass is 319 g/mol. The summed E-state index contributed by atoms with van der Waals surface area (Å²) in [6.07, 6.45) is -1.37. The fourth-order valence-corrected chi connectivity index (χ4v) is 1.96. The number of nitriles is 1. The van der Waals surface area contributed by atoms with E-state index in [2.05, 4.69) is 5.32 Å². The van der Waals surface area contributed by atoms with E-state index in [1.165, 1.54) is 0 Å². The number of nitrogens with one attached hydrogen (secondary N) is 1. The van der Waals surface area contributed by atoms with Gasteiger partial charge in [0.15, 0.2) is 12.0 Å². The standard InChI is InChI=1S/C17H25N3O3/c1-10(2)8-14(21)16(19)23-15-12(9-18)6-5-7-13(15)20-17(22)11(3)4/h5-7,10-11,14,16,21H,8,19H2,1-4H3,(H,20,22). The molecule has 0 aliphatic carbocycles. The lowest BCUT2D eigenvalue weighted by molar-refractivity contribution is -0.118. The molecule has 126 valence electrons. The Morgan fingerprint density at radius 1 is 1.39 bits per heavy atom. The van der Waals surface area contributed by atoms with Crippen LogP contribution in [0.4, 0.5) is 5.69 Å². The highest BCUT2D eigenvalue weighted by Crippen LogP contribution is 2.30. The number of aliphatic hydroxyl groups excluding tert-OH is 1. The summed E-state index contributed by atoms with van der Waals surface area (Å²) in [6.45, 7) is 7.46. The lowest BCUT2D eigenvalue weighted by atomic mass is 10.1. The second-order valence-electron chi connectivity index (χ2n) is 6.22. The molecule has 1 aromatic carbocycles. The van der Waals surface area contributed by atoms with Crippen LogP contribution in [0, 0.1) is 23.2 Å². The molecule has 6 heteroatoms. The van der Waals surface area contributed by atoms with Crippen molar-refractivity contribution in [3.8, 4) is 11.8 Å². The first-order valence-corrected chi connectivity index (χ1v) is 7.70. The molecule has 0 saturated heterocycles. The van der Waals surface area contributed by atoms with Gasteiger partial charge in [-0.25, -0.2) is 0 Å². The van der Waals surface area contributed by atoms with Crippen molar-refractivity contribution in [2.75, 3.05) is 5.32 Å². The number of rotatable bonds is 7. The van der Waals surface area contributed by atoms with Crippen molar-refractivity contribution in [3.05, 3.63) is 23.8 Å². The van der Waals surface area contributed by atoms with Crippen molar-refractivity contribution >= 4 is 11.6 Å². The normalized spacial score (nSPS) is 13.5. The fraction of sp³-hybridized carbons (Fsp3) is 0.529. The van der Waals surface area contributed by atoms with Gasteiger partial charge in [-0.1, -0.05) is 33.8 Å². The zero-order valence-corrected chi connectivity index (χ0v) is 14.0. The molecule has 6 nitrogen and oxygen atoms in total. The van der Waals surface area contributed by atoms with Gasteiger partial charge in [0.05, 0.1) is 11.3 Å². The van der Waals surface area contributed by atoms with Gasteiger partial charge < -0.3 is 15.2 Å². The van der Waals surface area contributed by atoms with Gasteiger partial charge in [0.2, 0.25) is 5.91 Å². The molecule has 0 aliphatic heterocycles. The van der Waals surface area contributed by atoms with Crippen molar-refractivity contribution in [3.63, 3.8) is 0 Å². The predicted molar refractivity (Wildman–Crippen MR) is 88.7 cm³/mol. The molecule has 2 unspecified atom stereocenters. The molecular weight excluding hydrogens is 294 g/mol. The van der Waals surface area contributed by atoms with Crippen LogP contribution in [0.15, 0.2) is 18.2 Å². The number of anilines is 1. The number of aliphatic hydroxyl groups is 1. The minimum atomic E-state index is -0.985. The number of nitrogens with two attached hydrogens (primary N) is 1. The van der Waals surface area contributed by atoms with E-state index in [0.29, 0.717) is 12.1 Å². The van der Waals surface area contributed by atoms with E-state index in [4.69, 9.17) is 10.5 Å². The summed E-state index contributed by atoms with van der Waals surface area (Å²) >= 11 is 0. The van der Waals surface area contributed by atoms with Gasteiger partial charge in [-0.3, -0.25) is 10.5 Å². The zero-order chi connectivity index (χ0) is 17.6. The third-order valence-electron chi connectivity index (χ3n) is 3.26. The minimum absolute atomic E-state index is 0.180. The summed E-state index contributed by atoms with van der Waals surface area (Å²) in [6, 6.07) is 6.87. The Kier molecular flexibility index (Phi) is 7.01. The average Bonchev–Trinajstić information content (AvgIpc) is 2.47. The van der Waals surface area contributed by atoms with Crippen LogP contribution in [0.25, 0.3) is 0 Å². The highest BCUT2D eigenvalue weighted by Gasteiger charge is 2.22. The second kappa shape index (κ2) is 8.51. The number of carbonyl (C=O) groups is 1. The van der Waals surface area contributed by atoms with Gasteiger partial charge in [-0.2, -0.15) is 5.26 Å². The minimum Gasteiger partial charge on any atom is -0.469 e. The van der Waals surface area contributed by atoms with Gasteiger partial charge in [0.1, 0.15) is 12.2 Å². The average molecular weight is 319 g/mol. The third-order valence-corrected chi connectivity index (χ3v) is 3.26. The Morgan fingerprint density at radius 3 is 2.57 bits per heavy atom. The largest absolute Gasteiger partial charge is 0.469 e. The van der Waals surface area contributed by atoms with E-state index in [9.17, 15) is 15.2 Å². The molecule has 0 aromatic heterocycles. The van der Waals surface area contributed by atoms with Crippen LogP contribution in [0.2, 0.25) is 0 Å². The Balaban J connectivity index is 3.03. The molecule has 0 saturated carbocycles. The van der Waals surface area contributed by atoms with Gasteiger partial charge in [0.25, 0.3) is 0 Å². The Morgan fingerprint density at radius 2 is 2.04 bits per heavy atom. The zero-order valence-electron chi connectivity index (χ0n) is 14.0. The first kappa shape index (κ1) is 18.9. The van der Waals surface area contributed by atoms with Crippen LogP contribution >= 0.6 is 0 Å². The first-order chi connectivity index (χ1) is 10.8. The Bertz CT molecular complexity index is 579. The highest BCUT2D eigenvalue weighted by atomic mass is 16.5. The summed E-state index contributed by atoms with van der Waals surface area (Å²) in [4.78, 5) is 11.9. The van der Waals surface area contributed by atoms with E-state index in [1.807, 2.05) is 19.9 Å². The molecular formula is C17H25N3O3. The number of hydrogen-bond acceptors (Lipinski definition) is 5. The van der Waals surface area contributed by atoms with Gasteiger partial charge in [-0.05, 0) is 24.5 Å². The number of hydrogen-bond donors (Lipinski definition) is 3. The molecule has 0 fully saturated rings. The molecule has 0 heterocycles. The Hall–Kier alpha value is -2.10. The molecule has 1 amide bonds. The second-order valence-corrected chi connectivity index (χ2v) is 6.22. The molecule has 0 radical (unpaired) electrons. The van der Waals surface area contributed by atoms with Crippen LogP contribution < -0.4 is 15.8 Å². The van der Waals surface area contributed by atoms with Crippen LogP contribution in [0.5, 0.6) is 5.75 Å². The van der Waals surface area contributed by atoms with Gasteiger partial charge in [-0.15, -0.1) is 0 Å². The molecule has 1 rings (SSSR count). The molecule has 1 aromatic rings. The lowest BCUT2D eigenvalue weighted by Gasteiger charge is -2.23. The Labute approximate surface area is 137 Å². The number of carbonyl (C=O) groups excluding carboxylic acids is 1. The summed E-state index contributed by atoms with van der Waals surface area (Å²) < 4.78 is 5.60. The van der Waals surface area contributed by atoms with Crippen LogP contribution in [0.3, 0.4) is 0 Å². The summed E-state index contributed by atoms with van der Waals surface area (Å²) in [5, 5.41) is 22.0. The SMILES string of the molecule is CC(C)CC(O)C(N)Oc1c(C#N)cccc1NC(=O)C(C)C. The van der Waals surface area contributed by atoms with E-state index in [1.54, 1.807) is 32.0 Å². The fourth-order valence-electron chi connectivity index (χ4n) is 1.96. The molecule has 0 spiro atoms. The van der Waals surface area contributed by atoms with Gasteiger partial charge in [0, 0.05) is 5.92 Å². The molecule has 0 aliphatic rings. The van der Waals surface area contributed by atoms with Crippen molar-refractivity contribution < 1.29 is 14.6 Å². The maximum absolute atomic E-state index is 11.9. The smallest absolute Gasteiger partial charge is 0.227 e. The summed E-state index contributed by atoms with van der Waals surface area (Å²) in [5.74, 6) is 0.0281. The van der Waals surface area contributed by atoms with Crippen LogP contribution in [-0.4, -0.2) is 23.3 Å². The van der Waals surface area contributed by atoms with E-state index in [0.717, 1.165) is 0 Å². The summed E-state index contributed by atoms with van der Waals surface area (Å²) in [5.41, 5.74) is 6.51. The van der Waals surface area contributed by atoms with Crippen molar-refractivity contribution in [2.24, 2.45) is 17.6 Å². The number of ether oxygens (including phenoxy) is 1. The van der Waals surface area contributed by atoms with Crippen LogP contribution in [-0.2, 0) is 4.79 Å². The maximum atomic E-state index is 11.9. The van der Waals surface area contributed by atoms with E-state index >= 15 is 0 Å². The van der Waals surface area contributed by atoms with Crippen molar-refractivity contribution in [1.29, 1.82) is 5.26 Å². The molecule has 0 bridgehead atoms. The quantitative estimate of drug-likeness (QED) is 0.668. The van der Waals surface area contributed by atoms with E-state index < -0.39 is 12.3 Å². The molecule has 4 N–H and O–H groups in total. The van der Waals surface area contributed by atoms with Crippen molar-refractivity contribution in [2.45, 2.75) is 46.4 Å². The number of amides is 1. The van der Waals surface area contributed by atoms with Gasteiger partial charge >= 0.3 is 0 Å². The predicted octanol–water partition coefficient (Wildman–Crippen LogP) is 2.22. The lowest BCUT2D eigenvalue weighted by Crippen LogP contribution is -2.41. The maximum Gasteiger partial charge on any atom is 0.227 e. The third kappa shape index (κ3) is 5.55. The molecule has 2 atom stereocenters. The topological polar surface area (TPSA) is 108 Å². The van der Waals surface area contributed by atoms with Crippen molar-refractivity contribution in [1.82, 2.24) is 0 Å². The number of para-hydroxylation sites is 1. The first-order valence-electron chi connectivity index (χ1n) is 7.70. The summed E-state index contributed by atoms with van der Waals surface area (Å²) in [7, 11) is 0. The number of benzene rings is 1.